The number of carbonyl (C=O) groups excluding carboxylic acids is 2. The molecule has 0 saturated carbocycles. The molecule has 1 fully saturated rings. The van der Waals surface area contributed by atoms with Gasteiger partial charge in [-0.25, -0.2) is 14.1 Å². The molecule has 3 aromatic carbocycles. The Hall–Kier alpha value is -2.94. The second-order valence-electron chi connectivity index (χ2n) is 8.74. The molecule has 2 aliphatic heterocycles. The molecule has 1 saturated heterocycles. The molecule has 2 aliphatic rings. The fourth-order valence-electron chi connectivity index (χ4n) is 5.52. The maximum atomic E-state index is 14.6. The minimum Gasteiger partial charge on any atom is -0.464 e. The van der Waals surface area contributed by atoms with Crippen molar-refractivity contribution in [1.82, 2.24) is 5.32 Å². The van der Waals surface area contributed by atoms with E-state index in [0.717, 1.165) is 0 Å². The number of fused-ring (bicyclic) bond motifs is 2. The Bertz CT molecular complexity index is 1430. The highest BCUT2D eigenvalue weighted by Gasteiger charge is 2.64. The van der Waals surface area contributed by atoms with Crippen molar-refractivity contribution >= 4 is 62.7 Å². The highest BCUT2D eigenvalue weighted by molar-refractivity contribution is 9.08. The summed E-state index contributed by atoms with van der Waals surface area (Å²) in [5.74, 6) is -2.48. The number of piperidine rings is 1. The van der Waals surface area contributed by atoms with Crippen LogP contribution in [-0.4, -0.2) is 23.0 Å². The molecule has 0 aliphatic carbocycles. The van der Waals surface area contributed by atoms with E-state index in [0.29, 0.717) is 37.5 Å². The van der Waals surface area contributed by atoms with Crippen molar-refractivity contribution in [2.24, 2.45) is 0 Å². The van der Waals surface area contributed by atoms with E-state index < -0.39 is 35.2 Å². The van der Waals surface area contributed by atoms with E-state index in [1.807, 2.05) is 0 Å². The summed E-state index contributed by atoms with van der Waals surface area (Å²) >= 11 is 15.9. The fourth-order valence-corrected chi connectivity index (χ4v) is 6.40. The number of carbonyl (C=O) groups is 3. The molecular formula is C26H18BrCl2FN2O4. The molecule has 5 rings (SSSR count). The van der Waals surface area contributed by atoms with Crippen LogP contribution in [0.15, 0.2) is 60.7 Å². The van der Waals surface area contributed by atoms with E-state index in [-0.39, 0.29) is 23.0 Å². The number of nitrogens with one attached hydrogen (secondary N) is 1. The first-order chi connectivity index (χ1) is 17.2. The number of imide groups is 1. The molecule has 36 heavy (non-hydrogen) atoms. The first kappa shape index (κ1) is 24.7. The van der Waals surface area contributed by atoms with Gasteiger partial charge < -0.3 is 10.4 Å². The van der Waals surface area contributed by atoms with Crippen molar-refractivity contribution in [2.75, 3.05) is 4.90 Å². The topological polar surface area (TPSA) is 86.7 Å². The molecular weight excluding hydrogens is 574 g/mol. The second kappa shape index (κ2) is 9.18. The zero-order valence-electron chi connectivity index (χ0n) is 18.5. The number of anilines is 1. The van der Waals surface area contributed by atoms with Crippen LogP contribution in [0, 0.1) is 5.82 Å². The summed E-state index contributed by atoms with van der Waals surface area (Å²) in [5.41, 5.74) is 0.449. The largest absolute Gasteiger partial charge is 0.464 e. The summed E-state index contributed by atoms with van der Waals surface area (Å²) < 4.78 is 14.6. The Morgan fingerprint density at radius 1 is 1.11 bits per heavy atom. The first-order valence-electron chi connectivity index (χ1n) is 10.9. The van der Waals surface area contributed by atoms with Crippen molar-refractivity contribution in [3.8, 4) is 0 Å². The third kappa shape index (κ3) is 3.70. The van der Waals surface area contributed by atoms with Gasteiger partial charge in [0.05, 0.1) is 11.7 Å². The lowest BCUT2D eigenvalue weighted by molar-refractivity contribution is -0.132. The monoisotopic (exact) mass is 590 g/mol. The number of hydrogen-bond donors (Lipinski definition) is 2. The van der Waals surface area contributed by atoms with Gasteiger partial charge in [0.2, 0.25) is 11.8 Å². The average Bonchev–Trinajstić information content (AvgIpc) is 3.08. The summed E-state index contributed by atoms with van der Waals surface area (Å²) in [4.78, 5) is 40.5. The van der Waals surface area contributed by atoms with Gasteiger partial charge in [0.25, 0.3) is 0 Å². The number of amides is 3. The standard InChI is InChI=1S/C26H18BrCl2FN2O4/c27-12-14-4-6-17(30)10-18(14)23-26(20(11-22(33)31-23)13-2-1-3-15(28)8-13)19-7-5-16(29)9-21(19)32(24(26)34)25(35)36/h1-10,20,23H,11-12H2,(H,31,33)(H,35,36)/t20-,23+,26-/m0/s1. The fraction of sp³-hybridized carbons (Fsp3) is 0.192. The predicted octanol–water partition coefficient (Wildman–Crippen LogP) is 6.33. The molecule has 2 heterocycles. The van der Waals surface area contributed by atoms with Crippen LogP contribution in [-0.2, 0) is 20.3 Å². The van der Waals surface area contributed by atoms with Crippen molar-refractivity contribution in [1.29, 1.82) is 0 Å². The molecule has 2 N–H and O–H groups in total. The van der Waals surface area contributed by atoms with E-state index in [4.69, 9.17) is 23.2 Å². The van der Waals surface area contributed by atoms with Gasteiger partial charge >= 0.3 is 6.09 Å². The predicted molar refractivity (Wildman–Crippen MR) is 137 cm³/mol. The third-order valence-electron chi connectivity index (χ3n) is 6.91. The maximum absolute atomic E-state index is 14.6. The summed E-state index contributed by atoms with van der Waals surface area (Å²) in [6, 6.07) is 14.4. The van der Waals surface area contributed by atoms with Crippen LogP contribution in [0.2, 0.25) is 10.0 Å². The third-order valence-corrected chi connectivity index (χ3v) is 7.98. The molecule has 0 unspecified atom stereocenters. The number of carboxylic acid groups (broad SMARTS) is 1. The number of hydrogen-bond acceptors (Lipinski definition) is 3. The number of halogens is 4. The quantitative estimate of drug-likeness (QED) is 0.348. The lowest BCUT2D eigenvalue weighted by atomic mass is 9.59. The van der Waals surface area contributed by atoms with Crippen LogP contribution in [0.1, 0.15) is 40.6 Å². The van der Waals surface area contributed by atoms with E-state index >= 15 is 0 Å². The van der Waals surface area contributed by atoms with Gasteiger partial charge in [0.1, 0.15) is 11.2 Å². The highest BCUT2D eigenvalue weighted by atomic mass is 79.9. The number of nitrogens with zero attached hydrogens (tertiary/aromatic N) is 1. The Morgan fingerprint density at radius 3 is 2.56 bits per heavy atom. The molecule has 0 radical (unpaired) electrons. The molecule has 3 amide bonds. The SMILES string of the molecule is O=C1C[C@@H](c2cccc(Cl)c2)[C@]2(C(=O)N(C(=O)O)c3cc(Cl)ccc32)[C@@H](c2cc(F)ccc2CBr)N1. The molecule has 1 spiro atoms. The van der Waals surface area contributed by atoms with Crippen molar-refractivity contribution in [3.05, 3.63) is 98.8 Å². The lowest BCUT2D eigenvalue weighted by Gasteiger charge is -2.47. The highest BCUT2D eigenvalue weighted by Crippen LogP contribution is 2.59. The summed E-state index contributed by atoms with van der Waals surface area (Å²) in [6.45, 7) is 0. The van der Waals surface area contributed by atoms with Crippen LogP contribution in [0.5, 0.6) is 0 Å². The number of alkyl halides is 1. The van der Waals surface area contributed by atoms with Crippen LogP contribution in [0.3, 0.4) is 0 Å². The van der Waals surface area contributed by atoms with Crippen LogP contribution in [0.4, 0.5) is 14.9 Å². The van der Waals surface area contributed by atoms with Gasteiger partial charge in [-0.1, -0.05) is 63.4 Å². The smallest absolute Gasteiger partial charge is 0.418 e. The number of benzene rings is 3. The minimum absolute atomic E-state index is 0.102. The Balaban J connectivity index is 1.89. The molecule has 10 heteroatoms. The second-order valence-corrected chi connectivity index (χ2v) is 10.2. The van der Waals surface area contributed by atoms with Gasteiger partial charge in [-0.15, -0.1) is 0 Å². The van der Waals surface area contributed by atoms with E-state index in [1.54, 1.807) is 42.5 Å². The number of rotatable bonds is 3. The lowest BCUT2D eigenvalue weighted by Crippen LogP contribution is -2.58. The van der Waals surface area contributed by atoms with Gasteiger partial charge in [-0.05, 0) is 58.7 Å². The molecule has 6 nitrogen and oxygen atoms in total. The van der Waals surface area contributed by atoms with Crippen LogP contribution < -0.4 is 10.2 Å². The Morgan fingerprint density at radius 2 is 1.86 bits per heavy atom. The summed E-state index contributed by atoms with van der Waals surface area (Å²) in [7, 11) is 0. The van der Waals surface area contributed by atoms with Crippen LogP contribution in [0.25, 0.3) is 0 Å². The Kier molecular flexibility index (Phi) is 6.31. The normalized spacial score (nSPS) is 23.1. The van der Waals surface area contributed by atoms with Crippen molar-refractivity contribution < 1.29 is 23.9 Å². The minimum atomic E-state index is -1.62. The van der Waals surface area contributed by atoms with Crippen LogP contribution >= 0.6 is 39.1 Å². The molecule has 0 bridgehead atoms. The van der Waals surface area contributed by atoms with Gasteiger partial charge in [-0.3, -0.25) is 9.59 Å². The van der Waals surface area contributed by atoms with Crippen molar-refractivity contribution in [2.45, 2.75) is 29.1 Å². The van der Waals surface area contributed by atoms with Crippen molar-refractivity contribution in [3.63, 3.8) is 0 Å². The zero-order valence-corrected chi connectivity index (χ0v) is 21.6. The Labute approximate surface area is 224 Å². The van der Waals surface area contributed by atoms with Gasteiger partial charge in [0, 0.05) is 27.7 Å². The first-order valence-corrected chi connectivity index (χ1v) is 12.8. The molecule has 3 aromatic rings. The van der Waals surface area contributed by atoms with E-state index in [1.165, 1.54) is 18.2 Å². The van der Waals surface area contributed by atoms with E-state index in [2.05, 4.69) is 21.2 Å². The van der Waals surface area contributed by atoms with Gasteiger partial charge in [-0.2, -0.15) is 0 Å². The zero-order chi connectivity index (χ0) is 25.8. The van der Waals surface area contributed by atoms with E-state index in [9.17, 15) is 23.9 Å². The molecule has 0 aromatic heterocycles. The molecule has 3 atom stereocenters. The average molecular weight is 592 g/mol. The van der Waals surface area contributed by atoms with Gasteiger partial charge in [0.15, 0.2) is 0 Å². The maximum Gasteiger partial charge on any atom is 0.418 e. The molecule has 184 valence electrons. The summed E-state index contributed by atoms with van der Waals surface area (Å²) in [6.07, 6.45) is -1.60. The summed E-state index contributed by atoms with van der Waals surface area (Å²) in [5, 5.41) is 13.9.